The van der Waals surface area contributed by atoms with E-state index in [4.69, 9.17) is 23.2 Å². The number of hydrogen-bond donors (Lipinski definition) is 1. The van der Waals surface area contributed by atoms with Gasteiger partial charge in [-0.2, -0.15) is 5.10 Å². The molecule has 1 atom stereocenters. The van der Waals surface area contributed by atoms with Crippen molar-refractivity contribution in [1.82, 2.24) is 24.6 Å². The van der Waals surface area contributed by atoms with Crippen molar-refractivity contribution in [3.05, 3.63) is 70.9 Å². The molecule has 1 fully saturated rings. The van der Waals surface area contributed by atoms with Crippen molar-refractivity contribution in [2.24, 2.45) is 0 Å². The first-order valence-electron chi connectivity index (χ1n) is 9.42. The number of aliphatic hydroxyl groups is 1. The summed E-state index contributed by atoms with van der Waals surface area (Å²) in [5.74, 6) is 0.978. The van der Waals surface area contributed by atoms with Crippen molar-refractivity contribution >= 4 is 29.0 Å². The molecule has 1 aliphatic rings. The molecule has 1 aromatic carbocycles. The maximum Gasteiger partial charge on any atom is 0.137 e. The zero-order valence-electron chi connectivity index (χ0n) is 15.8. The van der Waals surface area contributed by atoms with Crippen molar-refractivity contribution in [2.45, 2.75) is 12.1 Å². The number of piperazine rings is 1. The average Bonchev–Trinajstić information content (AvgIpc) is 3.21. The average molecular weight is 433 g/mol. The quantitative estimate of drug-likeness (QED) is 0.645. The maximum absolute atomic E-state index is 11.7. The minimum absolute atomic E-state index is 0.245. The second kappa shape index (κ2) is 8.67. The summed E-state index contributed by atoms with van der Waals surface area (Å²) >= 11 is 12.5. The van der Waals surface area contributed by atoms with E-state index in [2.05, 4.69) is 24.9 Å². The van der Waals surface area contributed by atoms with Gasteiger partial charge in [0.25, 0.3) is 0 Å². The van der Waals surface area contributed by atoms with Gasteiger partial charge in [-0.15, -0.1) is 0 Å². The fourth-order valence-corrected chi connectivity index (χ4v) is 4.30. The second-order valence-corrected chi connectivity index (χ2v) is 8.04. The molecule has 0 spiro atoms. The molecule has 2 aromatic heterocycles. The van der Waals surface area contributed by atoms with E-state index in [-0.39, 0.29) is 6.54 Å². The van der Waals surface area contributed by atoms with Crippen LogP contribution in [0.15, 0.2) is 55.2 Å². The van der Waals surface area contributed by atoms with Gasteiger partial charge in [0.15, 0.2) is 0 Å². The Hall–Kier alpha value is -2.19. The molecule has 9 heteroatoms. The summed E-state index contributed by atoms with van der Waals surface area (Å²) < 4.78 is 1.62. The van der Waals surface area contributed by atoms with Gasteiger partial charge in [0.05, 0.1) is 6.54 Å². The Morgan fingerprint density at radius 2 is 1.86 bits per heavy atom. The van der Waals surface area contributed by atoms with Crippen LogP contribution in [0.1, 0.15) is 5.56 Å². The molecular weight excluding hydrogens is 411 g/mol. The Morgan fingerprint density at radius 1 is 1.03 bits per heavy atom. The van der Waals surface area contributed by atoms with Crippen molar-refractivity contribution in [3.8, 4) is 0 Å². The van der Waals surface area contributed by atoms with Crippen LogP contribution in [0.3, 0.4) is 0 Å². The fraction of sp³-hybridized carbons (Fsp3) is 0.350. The molecule has 0 saturated carbocycles. The van der Waals surface area contributed by atoms with Gasteiger partial charge >= 0.3 is 0 Å². The third-order valence-electron chi connectivity index (χ3n) is 5.15. The summed E-state index contributed by atoms with van der Waals surface area (Å²) in [5, 5.41) is 16.8. The normalized spacial score (nSPS) is 17.3. The van der Waals surface area contributed by atoms with Crippen LogP contribution in [0.5, 0.6) is 0 Å². The largest absolute Gasteiger partial charge is 0.382 e. The number of rotatable bonds is 6. The van der Waals surface area contributed by atoms with E-state index in [1.807, 2.05) is 18.2 Å². The van der Waals surface area contributed by atoms with E-state index in [0.29, 0.717) is 22.2 Å². The summed E-state index contributed by atoms with van der Waals surface area (Å²) in [6.45, 7) is 3.96. The zero-order valence-corrected chi connectivity index (χ0v) is 17.3. The van der Waals surface area contributed by atoms with Gasteiger partial charge in [0, 0.05) is 54.5 Å². The first-order valence-corrected chi connectivity index (χ1v) is 10.2. The lowest BCUT2D eigenvalue weighted by Gasteiger charge is -2.40. The molecule has 1 unspecified atom stereocenters. The van der Waals surface area contributed by atoms with Crippen LogP contribution >= 0.6 is 23.2 Å². The number of hydrogen-bond acceptors (Lipinski definition) is 6. The van der Waals surface area contributed by atoms with Gasteiger partial charge in [-0.3, -0.25) is 4.90 Å². The number of anilines is 1. The summed E-state index contributed by atoms with van der Waals surface area (Å²) in [5.41, 5.74) is -0.603. The van der Waals surface area contributed by atoms with Crippen LogP contribution in [0.2, 0.25) is 10.0 Å². The molecule has 7 nitrogen and oxygen atoms in total. The zero-order chi connectivity index (χ0) is 20.3. The van der Waals surface area contributed by atoms with Gasteiger partial charge in [-0.1, -0.05) is 35.3 Å². The van der Waals surface area contributed by atoms with Crippen LogP contribution < -0.4 is 4.90 Å². The summed E-state index contributed by atoms with van der Waals surface area (Å²) in [6.07, 6.45) is 4.85. The van der Waals surface area contributed by atoms with Crippen LogP contribution in [-0.2, 0) is 12.1 Å². The number of aromatic nitrogens is 4. The van der Waals surface area contributed by atoms with Gasteiger partial charge < -0.3 is 10.0 Å². The van der Waals surface area contributed by atoms with Crippen molar-refractivity contribution in [2.75, 3.05) is 37.6 Å². The molecule has 4 rings (SSSR count). The molecule has 1 N–H and O–H groups in total. The number of nitrogens with zero attached hydrogens (tertiary/aromatic N) is 6. The SMILES string of the molecule is OC(CN1CCN(c2ccccn2)CC1)(Cn1cncn1)c1ccc(Cl)cc1Cl. The predicted octanol–water partition coefficient (Wildman–Crippen LogP) is 2.69. The number of benzene rings is 1. The standard InChI is InChI=1S/C20H22Cl2N6O/c21-16-4-5-17(18(22)11-16)20(29,13-28-15-23-14-25-28)12-26-7-9-27(10-8-26)19-3-1-2-6-24-19/h1-6,11,14-15,29H,7-10,12-13H2. The van der Waals surface area contributed by atoms with E-state index in [9.17, 15) is 5.11 Å². The third kappa shape index (κ3) is 4.70. The first-order chi connectivity index (χ1) is 14.0. The second-order valence-electron chi connectivity index (χ2n) is 7.20. The third-order valence-corrected chi connectivity index (χ3v) is 5.70. The van der Waals surface area contributed by atoms with E-state index in [1.54, 1.807) is 35.4 Å². The Morgan fingerprint density at radius 3 is 2.52 bits per heavy atom. The lowest BCUT2D eigenvalue weighted by Crippen LogP contribution is -2.52. The molecule has 0 bridgehead atoms. The van der Waals surface area contributed by atoms with Gasteiger partial charge in [-0.05, 0) is 24.3 Å². The Balaban J connectivity index is 1.51. The van der Waals surface area contributed by atoms with E-state index in [0.717, 1.165) is 32.0 Å². The molecule has 0 radical (unpaired) electrons. The van der Waals surface area contributed by atoms with Crippen molar-refractivity contribution in [1.29, 1.82) is 0 Å². The summed E-state index contributed by atoms with van der Waals surface area (Å²) in [6, 6.07) is 11.1. The lowest BCUT2D eigenvalue weighted by molar-refractivity contribution is -0.0199. The van der Waals surface area contributed by atoms with Crippen LogP contribution in [-0.4, -0.2) is 62.5 Å². The van der Waals surface area contributed by atoms with Gasteiger partial charge in [-0.25, -0.2) is 14.6 Å². The number of β-amino-alcohol motifs (C(OH)–C–C–N with tert-alkyl or cyclic N) is 1. The molecule has 3 heterocycles. The highest BCUT2D eigenvalue weighted by Crippen LogP contribution is 2.33. The van der Waals surface area contributed by atoms with Gasteiger partial charge in [0.2, 0.25) is 0 Å². The molecule has 29 heavy (non-hydrogen) atoms. The predicted molar refractivity (Wildman–Crippen MR) is 113 cm³/mol. The van der Waals surface area contributed by atoms with Crippen LogP contribution in [0, 0.1) is 0 Å². The van der Waals surface area contributed by atoms with E-state index < -0.39 is 5.60 Å². The highest BCUT2D eigenvalue weighted by molar-refractivity contribution is 6.35. The molecule has 3 aromatic rings. The smallest absolute Gasteiger partial charge is 0.137 e. The van der Waals surface area contributed by atoms with E-state index in [1.165, 1.54) is 6.33 Å². The van der Waals surface area contributed by atoms with Crippen molar-refractivity contribution in [3.63, 3.8) is 0 Å². The molecule has 1 saturated heterocycles. The summed E-state index contributed by atoms with van der Waals surface area (Å²) in [4.78, 5) is 12.9. The Kier molecular flexibility index (Phi) is 6.01. The monoisotopic (exact) mass is 432 g/mol. The first kappa shape index (κ1) is 20.1. The molecule has 0 amide bonds. The fourth-order valence-electron chi connectivity index (χ4n) is 3.72. The number of pyridine rings is 1. The molecular formula is C20H22Cl2N6O. The summed E-state index contributed by atoms with van der Waals surface area (Å²) in [7, 11) is 0. The van der Waals surface area contributed by atoms with Crippen molar-refractivity contribution < 1.29 is 5.11 Å². The van der Waals surface area contributed by atoms with Crippen LogP contribution in [0.25, 0.3) is 0 Å². The minimum Gasteiger partial charge on any atom is -0.382 e. The molecule has 0 aliphatic carbocycles. The van der Waals surface area contributed by atoms with Crippen LogP contribution in [0.4, 0.5) is 5.82 Å². The molecule has 152 valence electrons. The Labute approximate surface area is 179 Å². The topological polar surface area (TPSA) is 70.3 Å². The lowest BCUT2D eigenvalue weighted by atomic mass is 9.92. The highest BCUT2D eigenvalue weighted by Gasteiger charge is 2.35. The Bertz CT molecular complexity index is 931. The number of halogens is 2. The maximum atomic E-state index is 11.7. The molecule has 1 aliphatic heterocycles. The van der Waals surface area contributed by atoms with E-state index >= 15 is 0 Å². The minimum atomic E-state index is -1.23. The van der Waals surface area contributed by atoms with Gasteiger partial charge in [0.1, 0.15) is 24.1 Å². The highest BCUT2D eigenvalue weighted by atomic mass is 35.5.